The number of nitriles is 1. The molecule has 0 heterocycles. The van der Waals surface area contributed by atoms with Gasteiger partial charge in [-0.15, -0.1) is 0 Å². The van der Waals surface area contributed by atoms with Gasteiger partial charge in [-0.1, -0.05) is 22.0 Å². The molecule has 0 atom stereocenters. The van der Waals surface area contributed by atoms with Gasteiger partial charge in [-0.2, -0.15) is 18.4 Å². The molecule has 0 aromatic heterocycles. The number of rotatable bonds is 2. The van der Waals surface area contributed by atoms with E-state index in [-0.39, 0.29) is 10.0 Å². The quantitative estimate of drug-likeness (QED) is 0.782. The van der Waals surface area contributed by atoms with Crippen molar-refractivity contribution in [3.05, 3.63) is 33.8 Å². The number of benzene rings is 1. The Morgan fingerprint density at radius 1 is 1.44 bits per heavy atom. The van der Waals surface area contributed by atoms with Gasteiger partial charge in [-0.25, -0.2) is 0 Å². The first kappa shape index (κ1) is 12.7. The molecule has 0 fully saturated rings. The van der Waals surface area contributed by atoms with Crippen LogP contribution in [0.4, 0.5) is 13.2 Å². The van der Waals surface area contributed by atoms with Gasteiger partial charge in [-0.05, 0) is 12.1 Å². The highest BCUT2D eigenvalue weighted by molar-refractivity contribution is 9.10. The molecule has 0 saturated heterocycles. The summed E-state index contributed by atoms with van der Waals surface area (Å²) in [6.45, 7) is 0. The van der Waals surface area contributed by atoms with Gasteiger partial charge in [0.25, 0.3) is 0 Å². The summed E-state index contributed by atoms with van der Waals surface area (Å²) in [5.41, 5.74) is -1.03. The fourth-order valence-corrected chi connectivity index (χ4v) is 1.56. The minimum absolute atomic E-state index is 0.114. The third kappa shape index (κ3) is 2.83. The van der Waals surface area contributed by atoms with Gasteiger partial charge in [0.2, 0.25) is 0 Å². The molecule has 0 unspecified atom stereocenters. The van der Waals surface area contributed by atoms with Crippen molar-refractivity contribution in [2.75, 3.05) is 0 Å². The topological polar surface area (TPSA) is 40.9 Å². The predicted molar refractivity (Wildman–Crippen MR) is 53.7 cm³/mol. The fourth-order valence-electron chi connectivity index (χ4n) is 1.09. The summed E-state index contributed by atoms with van der Waals surface area (Å²) < 4.78 is 37.3. The van der Waals surface area contributed by atoms with E-state index in [1.165, 1.54) is 6.07 Å². The SMILES string of the molecule is N#CCC(=O)c1ccc(Br)c(C(F)(F)F)c1. The molecule has 0 amide bonds. The van der Waals surface area contributed by atoms with Crippen molar-refractivity contribution in [2.24, 2.45) is 0 Å². The molecule has 0 N–H and O–H groups in total. The number of alkyl halides is 3. The Hall–Kier alpha value is -1.35. The Bertz CT molecular complexity index is 462. The van der Waals surface area contributed by atoms with Crippen LogP contribution in [0.2, 0.25) is 0 Å². The highest BCUT2D eigenvalue weighted by atomic mass is 79.9. The normalized spacial score (nSPS) is 10.9. The summed E-state index contributed by atoms with van der Waals surface area (Å²) in [5, 5.41) is 8.28. The second-order valence-corrected chi connectivity index (χ2v) is 3.80. The lowest BCUT2D eigenvalue weighted by atomic mass is 10.1. The molecule has 0 aliphatic rings. The monoisotopic (exact) mass is 291 g/mol. The summed E-state index contributed by atoms with van der Waals surface area (Å²) in [6, 6.07) is 4.73. The van der Waals surface area contributed by atoms with Crippen LogP contribution in [0.25, 0.3) is 0 Å². The third-order valence-corrected chi connectivity index (χ3v) is 2.52. The average Bonchev–Trinajstić information content (AvgIpc) is 2.16. The molecule has 1 aromatic rings. The van der Waals surface area contributed by atoms with Crippen LogP contribution in [0.5, 0.6) is 0 Å². The smallest absolute Gasteiger partial charge is 0.293 e. The van der Waals surface area contributed by atoms with Crippen LogP contribution in [-0.4, -0.2) is 5.78 Å². The maximum Gasteiger partial charge on any atom is 0.417 e. The first-order valence-corrected chi connectivity index (χ1v) is 4.92. The molecule has 0 spiro atoms. The molecule has 2 nitrogen and oxygen atoms in total. The summed E-state index contributed by atoms with van der Waals surface area (Å²) in [4.78, 5) is 11.2. The number of hydrogen-bond donors (Lipinski definition) is 0. The Morgan fingerprint density at radius 3 is 2.56 bits per heavy atom. The molecule has 0 radical (unpaired) electrons. The van der Waals surface area contributed by atoms with Crippen molar-refractivity contribution in [3.63, 3.8) is 0 Å². The van der Waals surface area contributed by atoms with Gasteiger partial charge in [0.05, 0.1) is 18.1 Å². The average molecular weight is 292 g/mol. The second kappa shape index (κ2) is 4.66. The van der Waals surface area contributed by atoms with Crippen LogP contribution in [0.15, 0.2) is 22.7 Å². The van der Waals surface area contributed by atoms with E-state index >= 15 is 0 Å². The molecular weight excluding hydrogens is 287 g/mol. The van der Waals surface area contributed by atoms with Gasteiger partial charge in [0.15, 0.2) is 5.78 Å². The van der Waals surface area contributed by atoms with Crippen molar-refractivity contribution < 1.29 is 18.0 Å². The molecular formula is C10H5BrF3NO. The van der Waals surface area contributed by atoms with E-state index in [4.69, 9.17) is 5.26 Å². The largest absolute Gasteiger partial charge is 0.417 e. The van der Waals surface area contributed by atoms with Crippen molar-refractivity contribution in [1.82, 2.24) is 0 Å². The zero-order valence-electron chi connectivity index (χ0n) is 7.81. The number of Topliss-reactive ketones (excluding diaryl/α,β-unsaturated/α-hetero) is 1. The molecule has 0 aliphatic carbocycles. The summed E-state index contributed by atoms with van der Waals surface area (Å²) in [5.74, 6) is -0.625. The molecule has 0 saturated carbocycles. The minimum Gasteiger partial charge on any atom is -0.293 e. The van der Waals surface area contributed by atoms with Gasteiger partial charge in [0, 0.05) is 10.0 Å². The lowest BCUT2D eigenvalue weighted by Gasteiger charge is -2.09. The van der Waals surface area contributed by atoms with Gasteiger partial charge in [0.1, 0.15) is 0 Å². The molecule has 6 heteroatoms. The van der Waals surface area contributed by atoms with E-state index in [9.17, 15) is 18.0 Å². The third-order valence-electron chi connectivity index (χ3n) is 1.83. The number of halogens is 4. The van der Waals surface area contributed by atoms with Gasteiger partial charge < -0.3 is 0 Å². The van der Waals surface area contributed by atoms with E-state index in [0.29, 0.717) is 0 Å². The van der Waals surface area contributed by atoms with Crippen molar-refractivity contribution >= 4 is 21.7 Å². The van der Waals surface area contributed by atoms with Crippen LogP contribution >= 0.6 is 15.9 Å². The molecule has 0 bridgehead atoms. The van der Waals surface area contributed by atoms with E-state index in [1.54, 1.807) is 6.07 Å². The Morgan fingerprint density at radius 2 is 2.06 bits per heavy atom. The summed E-state index contributed by atoms with van der Waals surface area (Å²) in [7, 11) is 0. The van der Waals surface area contributed by atoms with Gasteiger partial charge in [-0.3, -0.25) is 4.79 Å². The highest BCUT2D eigenvalue weighted by Gasteiger charge is 2.33. The predicted octanol–water partition coefficient (Wildman–Crippen LogP) is 3.56. The zero-order valence-corrected chi connectivity index (χ0v) is 9.39. The lowest BCUT2D eigenvalue weighted by molar-refractivity contribution is -0.138. The van der Waals surface area contributed by atoms with Crippen LogP contribution in [-0.2, 0) is 6.18 Å². The summed E-state index contributed by atoms with van der Waals surface area (Å²) in [6.07, 6.45) is -4.96. The van der Waals surface area contributed by atoms with Crippen LogP contribution in [0, 0.1) is 11.3 Å². The van der Waals surface area contributed by atoms with Crippen LogP contribution in [0.3, 0.4) is 0 Å². The Labute approximate surface area is 97.8 Å². The number of hydrogen-bond acceptors (Lipinski definition) is 2. The first-order valence-electron chi connectivity index (χ1n) is 4.13. The van der Waals surface area contributed by atoms with E-state index < -0.39 is 23.9 Å². The standard InChI is InChI=1S/C10H5BrF3NO/c11-8-2-1-6(9(16)3-4-15)5-7(8)10(12,13)14/h1-2,5H,3H2. The fraction of sp³-hybridized carbons (Fsp3) is 0.200. The van der Waals surface area contributed by atoms with E-state index in [0.717, 1.165) is 12.1 Å². The number of nitrogens with zero attached hydrogens (tertiary/aromatic N) is 1. The molecule has 16 heavy (non-hydrogen) atoms. The van der Waals surface area contributed by atoms with Crippen molar-refractivity contribution in [1.29, 1.82) is 5.26 Å². The maximum absolute atomic E-state index is 12.5. The molecule has 1 rings (SSSR count). The maximum atomic E-state index is 12.5. The number of carbonyl (C=O) groups is 1. The molecule has 0 aliphatic heterocycles. The molecule has 84 valence electrons. The van der Waals surface area contributed by atoms with Gasteiger partial charge >= 0.3 is 6.18 Å². The zero-order chi connectivity index (χ0) is 12.3. The molecule has 1 aromatic carbocycles. The first-order chi connectivity index (χ1) is 7.36. The van der Waals surface area contributed by atoms with Crippen LogP contribution in [0.1, 0.15) is 22.3 Å². The van der Waals surface area contributed by atoms with Crippen LogP contribution < -0.4 is 0 Å². The summed E-state index contributed by atoms with van der Waals surface area (Å²) >= 11 is 2.76. The Balaban J connectivity index is 3.19. The van der Waals surface area contributed by atoms with Crippen molar-refractivity contribution in [2.45, 2.75) is 12.6 Å². The number of carbonyl (C=O) groups excluding carboxylic acids is 1. The lowest BCUT2D eigenvalue weighted by Crippen LogP contribution is -2.08. The minimum atomic E-state index is -4.53. The number of ketones is 1. The van der Waals surface area contributed by atoms with E-state index in [1.807, 2.05) is 0 Å². The Kier molecular flexibility index (Phi) is 3.70. The van der Waals surface area contributed by atoms with Crippen molar-refractivity contribution in [3.8, 4) is 6.07 Å². The highest BCUT2D eigenvalue weighted by Crippen LogP contribution is 2.35. The second-order valence-electron chi connectivity index (χ2n) is 2.95. The van der Waals surface area contributed by atoms with E-state index in [2.05, 4.69) is 15.9 Å².